The van der Waals surface area contributed by atoms with E-state index in [-0.39, 0.29) is 11.4 Å². The highest BCUT2D eigenvalue weighted by Gasteiger charge is 2.25. The highest BCUT2D eigenvalue weighted by molar-refractivity contribution is 6.13. The van der Waals surface area contributed by atoms with E-state index in [1.54, 1.807) is 18.0 Å². The van der Waals surface area contributed by atoms with Crippen LogP contribution in [0.5, 0.6) is 0 Å². The van der Waals surface area contributed by atoms with Crippen LogP contribution in [0, 0.1) is 17.0 Å². The van der Waals surface area contributed by atoms with Crippen molar-refractivity contribution in [1.29, 1.82) is 5.41 Å². The zero-order valence-corrected chi connectivity index (χ0v) is 13.9. The van der Waals surface area contributed by atoms with Crippen LogP contribution in [0.25, 0.3) is 11.1 Å². The number of fused-ring (bicyclic) bond motifs is 1. The second kappa shape index (κ2) is 6.43. The second-order valence-corrected chi connectivity index (χ2v) is 5.68. The van der Waals surface area contributed by atoms with Crippen molar-refractivity contribution in [2.24, 2.45) is 4.99 Å². The van der Waals surface area contributed by atoms with E-state index in [0.717, 1.165) is 6.21 Å². The lowest BCUT2D eigenvalue weighted by Crippen LogP contribution is -2.28. The number of nitrogens with zero attached hydrogens (tertiary/aromatic N) is 3. The summed E-state index contributed by atoms with van der Waals surface area (Å²) in [6, 6.07) is 2.50. The van der Waals surface area contributed by atoms with Crippen LogP contribution < -0.4 is 0 Å². The van der Waals surface area contributed by atoms with Gasteiger partial charge >= 0.3 is 0 Å². The molecule has 0 saturated carbocycles. The monoisotopic (exact) mass is 341 g/mol. The van der Waals surface area contributed by atoms with Gasteiger partial charge < -0.3 is 10.3 Å². The topological polar surface area (TPSA) is 68.1 Å². The number of halogens is 2. The minimum absolute atomic E-state index is 0.130. The zero-order chi connectivity index (χ0) is 18.1. The standard InChI is InChI=1S/C18H17F2N5/c1-4-25-9-12(7-21)17-15(8-22-24-17)23-18(25)16-13(19)5-11(10(2)3)6-14(16)20/h5-9,21H,2,4H2,1,3H3,(H,22,24). The van der Waals surface area contributed by atoms with Crippen molar-refractivity contribution >= 4 is 28.9 Å². The third kappa shape index (κ3) is 2.88. The largest absolute Gasteiger partial charge is 0.332 e. The Hall–Kier alpha value is -3.09. The molecule has 7 heteroatoms. The Bertz CT molecular complexity index is 900. The molecule has 0 radical (unpaired) electrons. The smallest absolute Gasteiger partial charge is 0.146 e. The van der Waals surface area contributed by atoms with Crippen LogP contribution in [-0.2, 0) is 0 Å². The van der Waals surface area contributed by atoms with Crippen molar-refractivity contribution in [2.75, 3.05) is 6.54 Å². The molecule has 3 rings (SSSR count). The molecule has 5 nitrogen and oxygen atoms in total. The summed E-state index contributed by atoms with van der Waals surface area (Å²) in [5.74, 6) is -1.30. The summed E-state index contributed by atoms with van der Waals surface area (Å²) in [4.78, 5) is 6.01. The highest BCUT2D eigenvalue weighted by atomic mass is 19.1. The fourth-order valence-corrected chi connectivity index (χ4v) is 2.63. The fraction of sp³-hybridized carbons (Fsp3) is 0.167. The Morgan fingerprint density at radius 1 is 1.36 bits per heavy atom. The highest BCUT2D eigenvalue weighted by Crippen LogP contribution is 2.30. The Morgan fingerprint density at radius 2 is 2.04 bits per heavy atom. The van der Waals surface area contributed by atoms with E-state index in [1.165, 1.54) is 18.3 Å². The lowest BCUT2D eigenvalue weighted by molar-refractivity contribution is 0.551. The third-order valence-corrected chi connectivity index (χ3v) is 3.96. The number of H-pyrrole nitrogens is 1. The van der Waals surface area contributed by atoms with Gasteiger partial charge in [0.25, 0.3) is 0 Å². The molecule has 0 amide bonds. The molecule has 2 N–H and O–H groups in total. The number of amidine groups is 1. The lowest BCUT2D eigenvalue weighted by Gasteiger charge is -2.21. The maximum atomic E-state index is 14.7. The molecule has 0 unspecified atom stereocenters. The predicted octanol–water partition coefficient (Wildman–Crippen LogP) is 4.13. The Labute approximate surface area is 143 Å². The van der Waals surface area contributed by atoms with Crippen LogP contribution in [0.1, 0.15) is 30.7 Å². The van der Waals surface area contributed by atoms with E-state index >= 15 is 0 Å². The summed E-state index contributed by atoms with van der Waals surface area (Å²) in [6.07, 6.45) is 4.24. The number of nitrogens with one attached hydrogen (secondary N) is 2. The molecule has 0 fully saturated rings. The van der Waals surface area contributed by atoms with Gasteiger partial charge in [-0.15, -0.1) is 0 Å². The lowest BCUT2D eigenvalue weighted by atomic mass is 10.0. The Morgan fingerprint density at radius 3 is 2.60 bits per heavy atom. The molecular weight excluding hydrogens is 324 g/mol. The van der Waals surface area contributed by atoms with E-state index in [9.17, 15) is 8.78 Å². The molecule has 0 aliphatic carbocycles. The SMILES string of the molecule is C=C(C)c1cc(F)c(C2=Nc3cn[nH]c3C(C=N)=CN2CC)c(F)c1. The molecule has 2 heterocycles. The quantitative estimate of drug-likeness (QED) is 0.821. The first kappa shape index (κ1) is 16.8. The van der Waals surface area contributed by atoms with Crippen LogP contribution in [0.2, 0.25) is 0 Å². The molecule has 0 saturated heterocycles. The van der Waals surface area contributed by atoms with Crippen LogP contribution >= 0.6 is 0 Å². The fourth-order valence-electron chi connectivity index (χ4n) is 2.63. The van der Waals surface area contributed by atoms with Gasteiger partial charge in [-0.25, -0.2) is 13.8 Å². The average Bonchev–Trinajstić information content (AvgIpc) is 2.97. The first-order valence-electron chi connectivity index (χ1n) is 7.73. The number of aromatic amines is 1. The van der Waals surface area contributed by atoms with Crippen molar-refractivity contribution in [3.05, 3.63) is 59.6 Å². The number of hydrogen-bond donors (Lipinski definition) is 2. The van der Waals surface area contributed by atoms with Gasteiger partial charge in [0.05, 0.1) is 17.5 Å². The minimum Gasteiger partial charge on any atom is -0.332 e. The van der Waals surface area contributed by atoms with Crippen molar-refractivity contribution in [2.45, 2.75) is 13.8 Å². The van der Waals surface area contributed by atoms with E-state index in [0.29, 0.717) is 34.6 Å². The summed E-state index contributed by atoms with van der Waals surface area (Å²) >= 11 is 0. The number of hydrogen-bond acceptors (Lipinski definition) is 4. The molecule has 1 aromatic carbocycles. The van der Waals surface area contributed by atoms with E-state index in [1.807, 2.05) is 6.92 Å². The molecule has 128 valence electrons. The number of aromatic nitrogens is 2. The molecule has 1 aliphatic rings. The first-order valence-corrected chi connectivity index (χ1v) is 7.73. The zero-order valence-electron chi connectivity index (χ0n) is 13.9. The van der Waals surface area contributed by atoms with Crippen LogP contribution in [0.4, 0.5) is 14.5 Å². The van der Waals surface area contributed by atoms with Gasteiger partial charge in [0.2, 0.25) is 0 Å². The maximum absolute atomic E-state index is 14.7. The summed E-state index contributed by atoms with van der Waals surface area (Å²) in [7, 11) is 0. The number of benzene rings is 1. The van der Waals surface area contributed by atoms with Gasteiger partial charge in [-0.3, -0.25) is 5.10 Å². The van der Waals surface area contributed by atoms with E-state index in [4.69, 9.17) is 5.41 Å². The summed E-state index contributed by atoms with van der Waals surface area (Å²) < 4.78 is 29.4. The van der Waals surface area contributed by atoms with Crippen LogP contribution in [-0.4, -0.2) is 33.7 Å². The molecule has 0 bridgehead atoms. The van der Waals surface area contributed by atoms with Crippen molar-refractivity contribution in [3.63, 3.8) is 0 Å². The molecule has 1 aliphatic heterocycles. The second-order valence-electron chi connectivity index (χ2n) is 5.68. The summed E-state index contributed by atoms with van der Waals surface area (Å²) in [5, 5.41) is 14.3. The van der Waals surface area contributed by atoms with E-state index in [2.05, 4.69) is 21.8 Å². The maximum Gasteiger partial charge on any atom is 0.146 e. The molecule has 25 heavy (non-hydrogen) atoms. The van der Waals surface area contributed by atoms with Crippen molar-refractivity contribution in [3.8, 4) is 0 Å². The minimum atomic E-state index is -0.716. The number of aliphatic imine (C=N–C) groups is 1. The van der Waals surface area contributed by atoms with Gasteiger partial charge in [-0.1, -0.05) is 12.2 Å². The summed E-state index contributed by atoms with van der Waals surface area (Å²) in [6.45, 7) is 7.67. The summed E-state index contributed by atoms with van der Waals surface area (Å²) in [5.41, 5.74) is 2.22. The van der Waals surface area contributed by atoms with Gasteiger partial charge in [0.15, 0.2) is 0 Å². The van der Waals surface area contributed by atoms with Crippen molar-refractivity contribution < 1.29 is 8.78 Å². The molecule has 0 atom stereocenters. The van der Waals surface area contributed by atoms with Crippen LogP contribution in [0.3, 0.4) is 0 Å². The van der Waals surface area contributed by atoms with Crippen molar-refractivity contribution in [1.82, 2.24) is 15.1 Å². The third-order valence-electron chi connectivity index (χ3n) is 3.96. The normalized spacial score (nSPS) is 13.7. The molecule has 1 aromatic heterocycles. The van der Waals surface area contributed by atoms with Gasteiger partial charge in [0.1, 0.15) is 23.2 Å². The van der Waals surface area contributed by atoms with Gasteiger partial charge in [0, 0.05) is 24.5 Å². The van der Waals surface area contributed by atoms with Gasteiger partial charge in [-0.2, -0.15) is 5.10 Å². The van der Waals surface area contributed by atoms with Gasteiger partial charge in [-0.05, 0) is 31.5 Å². The number of rotatable bonds is 4. The molecule has 0 spiro atoms. The molecular formula is C18H17F2N5. The first-order chi connectivity index (χ1) is 12.0. The number of allylic oxidation sites excluding steroid dienone is 2. The van der Waals surface area contributed by atoms with Crippen LogP contribution in [0.15, 0.2) is 36.1 Å². The predicted molar refractivity (Wildman–Crippen MR) is 95.0 cm³/mol. The molecule has 2 aromatic rings. The van der Waals surface area contributed by atoms with E-state index < -0.39 is 11.6 Å². The Kier molecular flexibility index (Phi) is 4.31. The Balaban J connectivity index is 2.24. The average molecular weight is 341 g/mol.